The summed E-state index contributed by atoms with van der Waals surface area (Å²) in [6, 6.07) is 2.95. The number of carbonyl (C=O) groups is 2. The number of thioether (sulfide) groups is 1. The number of carboxylic acids is 1. The highest BCUT2D eigenvalue weighted by atomic mass is 35.5. The minimum absolute atomic E-state index is 0.0563. The van der Waals surface area contributed by atoms with E-state index in [1.807, 2.05) is 0 Å². The molecule has 1 aliphatic rings. The fourth-order valence-electron chi connectivity index (χ4n) is 1.70. The van der Waals surface area contributed by atoms with Crippen LogP contribution in [0.25, 0.3) is 6.08 Å². The molecular formula is C13H8ClFNO3S2-. The van der Waals surface area contributed by atoms with Crippen molar-refractivity contribution in [2.24, 2.45) is 0 Å². The van der Waals surface area contributed by atoms with Gasteiger partial charge in [-0.05, 0) is 25.1 Å². The summed E-state index contributed by atoms with van der Waals surface area (Å²) < 4.78 is 13.8. The van der Waals surface area contributed by atoms with E-state index in [0.717, 1.165) is 16.7 Å². The second-order valence-electron chi connectivity index (χ2n) is 4.18. The lowest BCUT2D eigenvalue weighted by atomic mass is 10.2. The third-order valence-corrected chi connectivity index (χ3v) is 4.49. The summed E-state index contributed by atoms with van der Waals surface area (Å²) in [5, 5.41) is 11.0. The average Bonchev–Trinajstić information content (AvgIpc) is 2.68. The molecule has 21 heavy (non-hydrogen) atoms. The smallest absolute Gasteiger partial charge is 0.266 e. The maximum atomic E-state index is 13.7. The molecule has 1 amide bonds. The molecule has 0 N–H and O–H groups in total. The summed E-state index contributed by atoms with van der Waals surface area (Å²) in [7, 11) is 0. The van der Waals surface area contributed by atoms with Gasteiger partial charge in [-0.3, -0.25) is 9.69 Å². The molecule has 0 radical (unpaired) electrons. The van der Waals surface area contributed by atoms with E-state index < -0.39 is 23.7 Å². The molecule has 0 bridgehead atoms. The molecule has 1 aliphatic heterocycles. The Kier molecular flexibility index (Phi) is 4.65. The van der Waals surface area contributed by atoms with Gasteiger partial charge in [-0.2, -0.15) is 0 Å². The summed E-state index contributed by atoms with van der Waals surface area (Å²) in [4.78, 5) is 24.1. The Bertz CT molecular complexity index is 657. The molecule has 1 heterocycles. The number of rotatable bonds is 3. The average molecular weight is 345 g/mol. The van der Waals surface area contributed by atoms with Gasteiger partial charge in [0, 0.05) is 5.56 Å². The van der Waals surface area contributed by atoms with Crippen molar-refractivity contribution in [1.29, 1.82) is 0 Å². The minimum Gasteiger partial charge on any atom is -0.548 e. The SMILES string of the molecule is C[C@H](C(=O)[O-])N1C(=O)C(=Cc2c(F)cccc2Cl)SC1=S. The first-order chi connectivity index (χ1) is 9.82. The molecule has 1 aromatic rings. The first-order valence-electron chi connectivity index (χ1n) is 5.75. The van der Waals surface area contributed by atoms with Gasteiger partial charge in [-0.1, -0.05) is 41.6 Å². The van der Waals surface area contributed by atoms with Crippen LogP contribution in [0.3, 0.4) is 0 Å². The van der Waals surface area contributed by atoms with Crippen molar-refractivity contribution in [3.8, 4) is 0 Å². The van der Waals surface area contributed by atoms with Gasteiger partial charge in [-0.25, -0.2) is 4.39 Å². The number of hydrogen-bond donors (Lipinski definition) is 0. The summed E-state index contributed by atoms with van der Waals surface area (Å²) in [6.07, 6.45) is 1.26. The Morgan fingerprint density at radius 3 is 2.81 bits per heavy atom. The van der Waals surface area contributed by atoms with E-state index in [0.29, 0.717) is 0 Å². The zero-order valence-corrected chi connectivity index (χ0v) is 13.0. The first-order valence-corrected chi connectivity index (χ1v) is 7.35. The fraction of sp³-hybridized carbons (Fsp3) is 0.154. The molecule has 0 aromatic heterocycles. The van der Waals surface area contributed by atoms with Gasteiger partial charge in [0.1, 0.15) is 10.1 Å². The van der Waals surface area contributed by atoms with Gasteiger partial charge in [0.05, 0.1) is 21.9 Å². The van der Waals surface area contributed by atoms with E-state index in [2.05, 4.69) is 0 Å². The van der Waals surface area contributed by atoms with Crippen LogP contribution in [-0.2, 0) is 9.59 Å². The van der Waals surface area contributed by atoms with E-state index in [4.69, 9.17) is 23.8 Å². The van der Waals surface area contributed by atoms with Crippen LogP contribution in [-0.4, -0.2) is 27.1 Å². The van der Waals surface area contributed by atoms with E-state index >= 15 is 0 Å². The predicted octanol–water partition coefficient (Wildman–Crippen LogP) is 1.82. The number of aliphatic carboxylic acids is 1. The molecule has 0 unspecified atom stereocenters. The van der Waals surface area contributed by atoms with E-state index in [1.165, 1.54) is 31.2 Å². The molecular weight excluding hydrogens is 337 g/mol. The molecule has 1 atom stereocenters. The second kappa shape index (κ2) is 6.13. The number of carboxylic acid groups (broad SMARTS) is 1. The number of benzene rings is 1. The number of thiocarbonyl (C=S) groups is 1. The topological polar surface area (TPSA) is 60.4 Å². The van der Waals surface area contributed by atoms with Gasteiger partial charge in [-0.15, -0.1) is 0 Å². The molecule has 4 nitrogen and oxygen atoms in total. The standard InChI is InChI=1S/C13H9ClFNO3S2/c1-6(12(18)19)16-11(17)10(21-13(16)20)5-7-8(14)3-2-4-9(7)15/h2-6H,1H3,(H,18,19)/p-1/t6-/m1/s1. The van der Waals surface area contributed by atoms with Crippen molar-refractivity contribution in [2.45, 2.75) is 13.0 Å². The summed E-state index contributed by atoms with van der Waals surface area (Å²) in [5.74, 6) is -2.61. The van der Waals surface area contributed by atoms with Crippen molar-refractivity contribution < 1.29 is 19.1 Å². The highest BCUT2D eigenvalue weighted by Crippen LogP contribution is 2.35. The highest BCUT2D eigenvalue weighted by molar-refractivity contribution is 8.26. The molecule has 0 spiro atoms. The fourth-order valence-corrected chi connectivity index (χ4v) is 3.32. The van der Waals surface area contributed by atoms with Gasteiger partial charge in [0.2, 0.25) is 0 Å². The zero-order valence-electron chi connectivity index (χ0n) is 10.6. The van der Waals surface area contributed by atoms with Crippen molar-refractivity contribution in [1.82, 2.24) is 4.90 Å². The predicted molar refractivity (Wildman–Crippen MR) is 80.9 cm³/mol. The lowest BCUT2D eigenvalue weighted by Crippen LogP contribution is -2.48. The largest absolute Gasteiger partial charge is 0.548 e. The molecule has 0 aliphatic carbocycles. The number of amides is 1. The van der Waals surface area contributed by atoms with Crippen LogP contribution in [0.4, 0.5) is 4.39 Å². The molecule has 1 saturated heterocycles. The van der Waals surface area contributed by atoms with Gasteiger partial charge in [0.25, 0.3) is 5.91 Å². The van der Waals surface area contributed by atoms with Crippen molar-refractivity contribution >= 4 is 57.9 Å². The third kappa shape index (κ3) is 3.09. The Balaban J connectivity index is 2.39. The van der Waals surface area contributed by atoms with Crippen LogP contribution in [0.1, 0.15) is 12.5 Å². The molecule has 1 aromatic carbocycles. The maximum absolute atomic E-state index is 13.7. The van der Waals surface area contributed by atoms with Crippen molar-refractivity contribution in [3.05, 3.63) is 39.5 Å². The van der Waals surface area contributed by atoms with Crippen LogP contribution in [0, 0.1) is 5.82 Å². The second-order valence-corrected chi connectivity index (χ2v) is 6.27. The van der Waals surface area contributed by atoms with Crippen LogP contribution in [0.5, 0.6) is 0 Å². The normalized spacial score (nSPS) is 18.4. The van der Waals surface area contributed by atoms with Gasteiger partial charge in [0.15, 0.2) is 0 Å². The Hall–Kier alpha value is -1.44. The molecule has 0 saturated carbocycles. The monoisotopic (exact) mass is 344 g/mol. The summed E-state index contributed by atoms with van der Waals surface area (Å²) in [6.45, 7) is 1.29. The molecule has 2 rings (SSSR count). The lowest BCUT2D eigenvalue weighted by Gasteiger charge is -2.23. The van der Waals surface area contributed by atoms with E-state index in [-0.39, 0.29) is 19.8 Å². The van der Waals surface area contributed by atoms with Crippen molar-refractivity contribution in [3.63, 3.8) is 0 Å². The van der Waals surface area contributed by atoms with Gasteiger partial charge >= 0.3 is 0 Å². The van der Waals surface area contributed by atoms with Gasteiger partial charge < -0.3 is 9.90 Å². The van der Waals surface area contributed by atoms with Crippen LogP contribution >= 0.6 is 35.6 Å². The summed E-state index contributed by atoms with van der Waals surface area (Å²) >= 11 is 11.8. The van der Waals surface area contributed by atoms with E-state index in [9.17, 15) is 19.1 Å². The maximum Gasteiger partial charge on any atom is 0.266 e. The Labute approximate surface area is 134 Å². The van der Waals surface area contributed by atoms with Crippen molar-refractivity contribution in [2.75, 3.05) is 0 Å². The number of hydrogen-bond acceptors (Lipinski definition) is 5. The van der Waals surface area contributed by atoms with E-state index in [1.54, 1.807) is 0 Å². The van der Waals surface area contributed by atoms with Crippen LogP contribution < -0.4 is 5.11 Å². The number of nitrogens with zero attached hydrogens (tertiary/aromatic N) is 1. The Morgan fingerprint density at radius 1 is 1.57 bits per heavy atom. The zero-order chi connectivity index (χ0) is 15.7. The van der Waals surface area contributed by atoms with Crippen LogP contribution in [0.15, 0.2) is 23.1 Å². The quantitative estimate of drug-likeness (QED) is 0.618. The summed E-state index contributed by atoms with van der Waals surface area (Å²) in [5.41, 5.74) is 0.0563. The minimum atomic E-state index is -1.42. The molecule has 1 fully saturated rings. The number of carbonyl (C=O) groups excluding carboxylic acids is 2. The lowest BCUT2D eigenvalue weighted by molar-refractivity contribution is -0.309. The highest BCUT2D eigenvalue weighted by Gasteiger charge is 2.36. The third-order valence-electron chi connectivity index (χ3n) is 2.83. The first kappa shape index (κ1) is 15.9. The van der Waals surface area contributed by atoms with Crippen LogP contribution in [0.2, 0.25) is 5.02 Å². The molecule has 110 valence electrons. The molecule has 8 heteroatoms. The Morgan fingerprint density at radius 2 is 2.24 bits per heavy atom. The number of halogens is 2.